The van der Waals surface area contributed by atoms with Crippen molar-refractivity contribution in [3.8, 4) is 0 Å². The van der Waals surface area contributed by atoms with Gasteiger partial charge in [-0.25, -0.2) is 0 Å². The lowest BCUT2D eigenvalue weighted by molar-refractivity contribution is -0.0204. The minimum Gasteiger partial charge on any atom is -0.390 e. The highest BCUT2D eigenvalue weighted by atomic mass is 16.5. The molecule has 4 nitrogen and oxygen atoms in total. The van der Waals surface area contributed by atoms with E-state index >= 15 is 0 Å². The molecule has 1 saturated carbocycles. The van der Waals surface area contributed by atoms with Crippen molar-refractivity contribution < 1.29 is 14.6 Å². The van der Waals surface area contributed by atoms with Crippen LogP contribution in [0, 0.1) is 12.8 Å². The number of aryl methyl sites for hydroxylation is 1. The van der Waals surface area contributed by atoms with Gasteiger partial charge in [-0.05, 0) is 49.8 Å². The Labute approximate surface area is 156 Å². The molecule has 2 atom stereocenters. The first-order valence-electron chi connectivity index (χ1n) is 9.77. The van der Waals surface area contributed by atoms with Gasteiger partial charge in [0.25, 0.3) is 0 Å². The first kappa shape index (κ1) is 19.1. The van der Waals surface area contributed by atoms with E-state index in [1.165, 1.54) is 6.42 Å². The van der Waals surface area contributed by atoms with Gasteiger partial charge >= 0.3 is 0 Å². The third-order valence-electron chi connectivity index (χ3n) is 5.82. The molecule has 1 fully saturated rings. The fourth-order valence-corrected chi connectivity index (χ4v) is 4.46. The minimum atomic E-state index is -0.670. The molecule has 0 aromatic carbocycles. The van der Waals surface area contributed by atoms with Gasteiger partial charge in [0.05, 0.1) is 17.7 Å². The van der Waals surface area contributed by atoms with Crippen molar-refractivity contribution in [1.82, 2.24) is 4.40 Å². The van der Waals surface area contributed by atoms with Gasteiger partial charge in [-0.2, -0.15) is 0 Å². The molecule has 2 aromatic heterocycles. The third-order valence-corrected chi connectivity index (χ3v) is 5.82. The van der Waals surface area contributed by atoms with Crippen LogP contribution >= 0.6 is 0 Å². The smallest absolute Gasteiger partial charge is 0.165 e. The number of aromatic nitrogens is 1. The lowest BCUT2D eigenvalue weighted by atomic mass is 9.76. The van der Waals surface area contributed by atoms with Crippen LogP contribution in [-0.4, -0.2) is 34.6 Å². The Morgan fingerprint density at radius 3 is 3.00 bits per heavy atom. The number of fused-ring (bicyclic) bond motifs is 1. The summed E-state index contributed by atoms with van der Waals surface area (Å²) in [7, 11) is 1.69. The van der Waals surface area contributed by atoms with E-state index in [9.17, 15) is 9.90 Å². The largest absolute Gasteiger partial charge is 0.390 e. The Morgan fingerprint density at radius 1 is 1.46 bits per heavy atom. The molecule has 0 saturated heterocycles. The molecule has 3 rings (SSSR count). The van der Waals surface area contributed by atoms with Crippen molar-refractivity contribution in [2.75, 3.05) is 13.7 Å². The lowest BCUT2D eigenvalue weighted by Crippen LogP contribution is -2.35. The molecule has 0 aliphatic heterocycles. The van der Waals surface area contributed by atoms with E-state index < -0.39 is 5.60 Å². The van der Waals surface area contributed by atoms with Gasteiger partial charge in [0.15, 0.2) is 5.78 Å². The van der Waals surface area contributed by atoms with Gasteiger partial charge in [0.1, 0.15) is 0 Å². The Kier molecular flexibility index (Phi) is 5.83. The summed E-state index contributed by atoms with van der Waals surface area (Å²) in [6.45, 7) is 4.87. The molecule has 1 N–H and O–H groups in total. The van der Waals surface area contributed by atoms with Gasteiger partial charge in [0.2, 0.25) is 0 Å². The highest BCUT2D eigenvalue weighted by Gasteiger charge is 2.33. The molecule has 26 heavy (non-hydrogen) atoms. The maximum atomic E-state index is 13.0. The van der Waals surface area contributed by atoms with Crippen molar-refractivity contribution in [3.63, 3.8) is 0 Å². The summed E-state index contributed by atoms with van der Waals surface area (Å²) in [5, 5.41) is 10.9. The molecule has 0 radical (unpaired) electrons. The quantitative estimate of drug-likeness (QED) is 0.750. The van der Waals surface area contributed by atoms with Crippen molar-refractivity contribution >= 4 is 11.3 Å². The minimum absolute atomic E-state index is 0.132. The Morgan fingerprint density at radius 2 is 2.27 bits per heavy atom. The van der Waals surface area contributed by atoms with Crippen molar-refractivity contribution in [3.05, 3.63) is 41.2 Å². The number of methoxy groups -OCH3 is 1. The maximum absolute atomic E-state index is 13.0. The SMILES string of the molecule is COCCc1cc(C(=O)CC[C@@]2(O)CCC[C@@H](C)C2)c2c(C)cccn12. The number of hydrogen-bond acceptors (Lipinski definition) is 3. The number of carbonyl (C=O) groups excluding carboxylic acids is 1. The Hall–Kier alpha value is -1.65. The van der Waals surface area contributed by atoms with Gasteiger partial charge in [-0.1, -0.05) is 25.8 Å². The number of ether oxygens (including phenoxy) is 1. The normalized spacial score (nSPS) is 23.5. The second kappa shape index (κ2) is 7.93. The number of pyridine rings is 1. The summed E-state index contributed by atoms with van der Waals surface area (Å²) in [4.78, 5) is 13.0. The molecule has 0 unspecified atom stereocenters. The fraction of sp³-hybridized carbons (Fsp3) is 0.591. The summed E-state index contributed by atoms with van der Waals surface area (Å²) >= 11 is 0. The molecule has 4 heteroatoms. The Bertz CT molecular complexity index is 779. The highest BCUT2D eigenvalue weighted by Crippen LogP contribution is 2.36. The summed E-state index contributed by atoms with van der Waals surface area (Å²) < 4.78 is 7.32. The molecule has 2 heterocycles. The second-order valence-electron chi connectivity index (χ2n) is 8.05. The van der Waals surface area contributed by atoms with Gasteiger partial charge in [-0.3, -0.25) is 4.79 Å². The van der Waals surface area contributed by atoms with Crippen molar-refractivity contribution in [2.24, 2.45) is 5.92 Å². The number of ketones is 1. The van der Waals surface area contributed by atoms with Crippen LogP contribution < -0.4 is 0 Å². The molecular formula is C22H31NO3. The molecule has 1 aliphatic rings. The predicted molar refractivity (Wildman–Crippen MR) is 104 cm³/mol. The summed E-state index contributed by atoms with van der Waals surface area (Å²) in [5.41, 5.74) is 3.30. The third kappa shape index (κ3) is 4.02. The topological polar surface area (TPSA) is 50.9 Å². The average molecular weight is 357 g/mol. The van der Waals surface area contributed by atoms with Crippen LogP contribution in [0.1, 0.15) is 67.1 Å². The number of nitrogens with zero attached hydrogens (tertiary/aromatic N) is 1. The lowest BCUT2D eigenvalue weighted by Gasteiger charge is -2.35. The number of carbonyl (C=O) groups is 1. The predicted octanol–water partition coefficient (Wildman–Crippen LogP) is 4.34. The van der Waals surface area contributed by atoms with E-state index in [0.717, 1.165) is 48.0 Å². The van der Waals surface area contributed by atoms with E-state index in [1.54, 1.807) is 7.11 Å². The van der Waals surface area contributed by atoms with Crippen LogP contribution in [0.4, 0.5) is 0 Å². The van der Waals surface area contributed by atoms with Gasteiger partial charge in [0, 0.05) is 37.4 Å². The van der Waals surface area contributed by atoms with E-state index in [0.29, 0.717) is 25.4 Å². The van der Waals surface area contributed by atoms with Crippen molar-refractivity contribution in [1.29, 1.82) is 0 Å². The standard InChI is InChI=1S/C22H31NO3/c1-16-6-4-10-22(25,15-16)11-8-20(24)19-14-18(9-13-26-3)23-12-5-7-17(2)21(19)23/h5,7,12,14,16,25H,4,6,8-11,13,15H2,1-3H3/t16-,22+/m1/s1. The van der Waals surface area contributed by atoms with E-state index in [-0.39, 0.29) is 5.78 Å². The maximum Gasteiger partial charge on any atom is 0.165 e. The molecule has 0 spiro atoms. The molecule has 142 valence electrons. The number of aliphatic hydroxyl groups is 1. The van der Waals surface area contributed by atoms with Gasteiger partial charge < -0.3 is 14.2 Å². The molecule has 0 amide bonds. The molecular weight excluding hydrogens is 326 g/mol. The fourth-order valence-electron chi connectivity index (χ4n) is 4.46. The first-order valence-corrected chi connectivity index (χ1v) is 9.77. The molecule has 2 aromatic rings. The molecule has 1 aliphatic carbocycles. The van der Waals surface area contributed by atoms with E-state index in [2.05, 4.69) is 11.3 Å². The number of Topliss-reactive ketones (excluding diaryl/α,β-unsaturated/α-hetero) is 1. The zero-order valence-corrected chi connectivity index (χ0v) is 16.3. The average Bonchev–Trinajstić information content (AvgIpc) is 2.98. The van der Waals surface area contributed by atoms with E-state index in [4.69, 9.17) is 4.74 Å². The second-order valence-corrected chi connectivity index (χ2v) is 8.05. The Balaban J connectivity index is 1.81. The zero-order chi connectivity index (χ0) is 18.7. The first-order chi connectivity index (χ1) is 12.4. The van der Waals surface area contributed by atoms with Gasteiger partial charge in [-0.15, -0.1) is 0 Å². The summed E-state index contributed by atoms with van der Waals surface area (Å²) in [5.74, 6) is 0.675. The number of hydrogen-bond donors (Lipinski definition) is 1. The van der Waals surface area contributed by atoms with Crippen LogP contribution in [0.2, 0.25) is 0 Å². The zero-order valence-electron chi connectivity index (χ0n) is 16.3. The highest BCUT2D eigenvalue weighted by molar-refractivity contribution is 6.03. The van der Waals surface area contributed by atoms with Crippen LogP contribution in [0.15, 0.2) is 24.4 Å². The van der Waals surface area contributed by atoms with Crippen LogP contribution in [-0.2, 0) is 11.2 Å². The monoisotopic (exact) mass is 357 g/mol. The molecule has 0 bridgehead atoms. The van der Waals surface area contributed by atoms with E-state index in [1.807, 2.05) is 31.3 Å². The van der Waals surface area contributed by atoms with Crippen LogP contribution in [0.5, 0.6) is 0 Å². The van der Waals surface area contributed by atoms with Crippen molar-refractivity contribution in [2.45, 2.75) is 64.4 Å². The summed E-state index contributed by atoms with van der Waals surface area (Å²) in [6.07, 6.45) is 7.63. The van der Waals surface area contributed by atoms with Crippen LogP contribution in [0.3, 0.4) is 0 Å². The van der Waals surface area contributed by atoms with Crippen LogP contribution in [0.25, 0.3) is 5.52 Å². The number of rotatable bonds is 7. The summed E-state index contributed by atoms with van der Waals surface area (Å²) in [6, 6.07) is 6.07.